The van der Waals surface area contributed by atoms with Crippen molar-refractivity contribution < 1.29 is 19.1 Å². The van der Waals surface area contributed by atoms with Gasteiger partial charge < -0.3 is 15.4 Å². The van der Waals surface area contributed by atoms with Crippen LogP contribution in [-0.2, 0) is 27.3 Å². The van der Waals surface area contributed by atoms with Gasteiger partial charge in [0.05, 0.1) is 5.69 Å². The molecule has 206 valence electrons. The third kappa shape index (κ3) is 8.29. The molecule has 3 aromatic rings. The van der Waals surface area contributed by atoms with E-state index < -0.39 is 29.2 Å². The Kier molecular flexibility index (Phi) is 9.65. The van der Waals surface area contributed by atoms with Gasteiger partial charge in [-0.25, -0.2) is 4.79 Å². The summed E-state index contributed by atoms with van der Waals surface area (Å²) in [6.45, 7) is 6.93. The molecule has 1 atom stereocenters. The molecule has 2 aromatic carbocycles. The van der Waals surface area contributed by atoms with Gasteiger partial charge in [-0.15, -0.1) is 0 Å². The Morgan fingerprint density at radius 3 is 2.18 bits per heavy atom. The molecule has 39 heavy (non-hydrogen) atoms. The molecule has 0 bridgehead atoms. The summed E-state index contributed by atoms with van der Waals surface area (Å²) in [7, 11) is 1.45. The molecule has 0 unspecified atom stereocenters. The van der Waals surface area contributed by atoms with Crippen LogP contribution in [0.15, 0.2) is 77.6 Å². The molecule has 0 radical (unpaired) electrons. The van der Waals surface area contributed by atoms with Gasteiger partial charge >= 0.3 is 6.09 Å². The fourth-order valence-electron chi connectivity index (χ4n) is 3.79. The molecule has 9 heteroatoms. The number of nitrogens with zero attached hydrogens (tertiary/aromatic N) is 2. The first-order valence-corrected chi connectivity index (χ1v) is 12.8. The minimum absolute atomic E-state index is 0.00112. The normalized spacial score (nSPS) is 11.8. The van der Waals surface area contributed by atoms with E-state index in [0.717, 1.165) is 16.0 Å². The maximum absolute atomic E-state index is 13.5. The van der Waals surface area contributed by atoms with E-state index in [2.05, 4.69) is 10.6 Å². The Hall–Kier alpha value is -4.40. The summed E-state index contributed by atoms with van der Waals surface area (Å²) < 4.78 is 6.67. The molecule has 2 N–H and O–H groups in total. The monoisotopic (exact) mass is 532 g/mol. The van der Waals surface area contributed by atoms with E-state index >= 15 is 0 Å². The fourth-order valence-corrected chi connectivity index (χ4v) is 3.79. The summed E-state index contributed by atoms with van der Waals surface area (Å²) in [5.74, 6) is -0.890. The van der Waals surface area contributed by atoms with Crippen molar-refractivity contribution in [3.63, 3.8) is 0 Å². The molecule has 3 amide bonds. The van der Waals surface area contributed by atoms with E-state index in [0.29, 0.717) is 18.7 Å². The van der Waals surface area contributed by atoms with E-state index in [1.54, 1.807) is 26.8 Å². The molecule has 0 saturated heterocycles. The quantitative estimate of drug-likeness (QED) is 0.432. The van der Waals surface area contributed by atoms with Crippen molar-refractivity contribution in [2.45, 2.75) is 52.3 Å². The van der Waals surface area contributed by atoms with Gasteiger partial charge in [-0.2, -0.15) is 0 Å². The minimum Gasteiger partial charge on any atom is -0.444 e. The highest BCUT2D eigenvalue weighted by Crippen LogP contribution is 2.19. The van der Waals surface area contributed by atoms with Gasteiger partial charge in [0.25, 0.3) is 5.56 Å². The van der Waals surface area contributed by atoms with Crippen LogP contribution < -0.4 is 16.2 Å². The summed E-state index contributed by atoms with van der Waals surface area (Å²) in [6.07, 6.45) is 0.000717. The molecular formula is C30H36N4O5. The molecule has 0 fully saturated rings. The maximum Gasteiger partial charge on any atom is 0.410 e. The first kappa shape index (κ1) is 29.2. The van der Waals surface area contributed by atoms with Crippen LogP contribution >= 0.6 is 0 Å². The number of anilines is 1. The summed E-state index contributed by atoms with van der Waals surface area (Å²) in [5.41, 5.74) is 1.13. The van der Waals surface area contributed by atoms with E-state index in [9.17, 15) is 19.2 Å². The number of carbonyl (C=O) groups excluding carboxylic acids is 3. The molecule has 1 aromatic heterocycles. The zero-order valence-corrected chi connectivity index (χ0v) is 23.1. The van der Waals surface area contributed by atoms with Crippen molar-refractivity contribution in [2.24, 2.45) is 0 Å². The Morgan fingerprint density at radius 2 is 1.56 bits per heavy atom. The van der Waals surface area contributed by atoms with E-state index in [1.165, 1.54) is 24.6 Å². The summed E-state index contributed by atoms with van der Waals surface area (Å²) >= 11 is 0. The number of nitrogens with one attached hydrogen (secondary N) is 2. The zero-order valence-electron chi connectivity index (χ0n) is 23.1. The largest absolute Gasteiger partial charge is 0.444 e. The lowest BCUT2D eigenvalue weighted by atomic mass is 10.1. The second kappa shape index (κ2) is 12.9. The summed E-state index contributed by atoms with van der Waals surface area (Å²) in [4.78, 5) is 52.9. The number of hydrogen-bond donors (Lipinski definition) is 2. The Labute approximate surface area is 228 Å². The van der Waals surface area contributed by atoms with Gasteiger partial charge in [-0.1, -0.05) is 60.7 Å². The highest BCUT2D eigenvalue weighted by atomic mass is 16.6. The number of aromatic nitrogens is 1. The van der Waals surface area contributed by atoms with Crippen molar-refractivity contribution in [2.75, 3.05) is 18.9 Å². The lowest BCUT2D eigenvalue weighted by Crippen LogP contribution is -2.46. The number of hydrogen-bond acceptors (Lipinski definition) is 5. The number of amides is 3. The van der Waals surface area contributed by atoms with Gasteiger partial charge in [0.1, 0.15) is 23.9 Å². The number of rotatable bonds is 9. The van der Waals surface area contributed by atoms with Crippen LogP contribution in [0.2, 0.25) is 0 Å². The second-order valence-electron chi connectivity index (χ2n) is 10.2. The molecule has 0 saturated carbocycles. The van der Waals surface area contributed by atoms with Gasteiger partial charge in [-0.05, 0) is 57.4 Å². The Morgan fingerprint density at radius 1 is 0.949 bits per heavy atom. The smallest absolute Gasteiger partial charge is 0.410 e. The molecular weight excluding hydrogens is 496 g/mol. The minimum atomic E-state index is -0.914. The highest BCUT2D eigenvalue weighted by Gasteiger charge is 2.27. The Balaban J connectivity index is 1.79. The van der Waals surface area contributed by atoms with Crippen LogP contribution in [-0.4, -0.2) is 52.6 Å². The van der Waals surface area contributed by atoms with Crippen LogP contribution in [0.1, 0.15) is 33.3 Å². The van der Waals surface area contributed by atoms with Crippen LogP contribution in [0.25, 0.3) is 11.3 Å². The molecule has 0 aliphatic heterocycles. The van der Waals surface area contributed by atoms with Gasteiger partial charge in [-0.3, -0.25) is 23.9 Å². The second-order valence-corrected chi connectivity index (χ2v) is 10.2. The lowest BCUT2D eigenvalue weighted by Gasteiger charge is -2.28. The van der Waals surface area contributed by atoms with E-state index in [-0.39, 0.29) is 18.1 Å². The topological polar surface area (TPSA) is 110 Å². The average Bonchev–Trinajstić information content (AvgIpc) is 2.90. The first-order valence-electron chi connectivity index (χ1n) is 12.8. The standard InChI is InChI=1S/C30H36N4O5/c1-21(33(5)29(38)39-30(2,3)4)27(36)32-24-16-17-25(23-14-10-7-11-15-23)34(28(24)37)20-26(35)31-19-18-22-12-8-6-9-13-22/h6-17,21H,18-20H2,1-5H3,(H,31,35)(H,32,36)/t21-/m0/s1. The molecule has 9 nitrogen and oxygen atoms in total. The third-order valence-corrected chi connectivity index (χ3v) is 6.02. The van der Waals surface area contributed by atoms with Crippen molar-refractivity contribution in [3.05, 3.63) is 88.7 Å². The molecule has 1 heterocycles. The fraction of sp³-hybridized carbons (Fsp3) is 0.333. The number of pyridine rings is 1. The van der Waals surface area contributed by atoms with E-state index in [4.69, 9.17) is 4.74 Å². The average molecular weight is 533 g/mol. The molecule has 0 spiro atoms. The molecule has 0 aliphatic rings. The number of benzene rings is 2. The lowest BCUT2D eigenvalue weighted by molar-refractivity contribution is -0.121. The zero-order chi connectivity index (χ0) is 28.6. The maximum atomic E-state index is 13.5. The first-order chi connectivity index (χ1) is 18.5. The predicted molar refractivity (Wildman–Crippen MR) is 151 cm³/mol. The van der Waals surface area contributed by atoms with Crippen molar-refractivity contribution >= 4 is 23.6 Å². The van der Waals surface area contributed by atoms with E-state index in [1.807, 2.05) is 60.7 Å². The molecule has 0 aliphatic carbocycles. The number of ether oxygens (including phenoxy) is 1. The summed E-state index contributed by atoms with van der Waals surface area (Å²) in [5, 5.41) is 5.48. The Bertz CT molecular complexity index is 1350. The van der Waals surface area contributed by atoms with Crippen LogP contribution in [0.3, 0.4) is 0 Å². The third-order valence-electron chi connectivity index (χ3n) is 6.02. The number of likely N-dealkylation sites (N-methyl/N-ethyl adjacent to an activating group) is 1. The van der Waals surface area contributed by atoms with Crippen LogP contribution in [0.4, 0.5) is 10.5 Å². The predicted octanol–water partition coefficient (Wildman–Crippen LogP) is 4.07. The van der Waals surface area contributed by atoms with Gasteiger partial charge in [0, 0.05) is 13.6 Å². The van der Waals surface area contributed by atoms with Gasteiger partial charge in [0.2, 0.25) is 11.8 Å². The van der Waals surface area contributed by atoms with Crippen molar-refractivity contribution in [1.82, 2.24) is 14.8 Å². The summed E-state index contributed by atoms with van der Waals surface area (Å²) in [6, 6.07) is 21.3. The molecule has 3 rings (SSSR count). The number of carbonyl (C=O) groups is 3. The highest BCUT2D eigenvalue weighted by molar-refractivity contribution is 5.96. The van der Waals surface area contributed by atoms with Crippen molar-refractivity contribution in [1.29, 1.82) is 0 Å². The van der Waals surface area contributed by atoms with Crippen LogP contribution in [0.5, 0.6) is 0 Å². The van der Waals surface area contributed by atoms with Gasteiger partial charge in [0.15, 0.2) is 0 Å². The SMILES string of the molecule is C[C@@H](C(=O)Nc1ccc(-c2ccccc2)n(CC(=O)NCCc2ccccc2)c1=O)N(C)C(=O)OC(C)(C)C. The van der Waals surface area contributed by atoms with Crippen molar-refractivity contribution in [3.8, 4) is 11.3 Å². The van der Waals surface area contributed by atoms with Crippen LogP contribution in [0, 0.1) is 0 Å².